The van der Waals surface area contributed by atoms with E-state index >= 15 is 0 Å². The maximum atomic E-state index is 12.1. The van der Waals surface area contributed by atoms with Crippen LogP contribution >= 0.6 is 0 Å². The Kier molecular flexibility index (Phi) is 4.54. The molecule has 2 aliphatic rings. The Balaban J connectivity index is 1.79. The number of carbonyl (C=O) groups is 2. The number of likely N-dealkylation sites (N-methyl/N-ethyl adjacent to an activating group) is 1. The highest BCUT2D eigenvalue weighted by atomic mass is 16.2. The molecule has 2 fully saturated rings. The molecule has 102 valence electrons. The second kappa shape index (κ2) is 6.15. The summed E-state index contributed by atoms with van der Waals surface area (Å²) in [6.45, 7) is 8.00. The van der Waals surface area contributed by atoms with Gasteiger partial charge in [-0.1, -0.05) is 6.92 Å². The molecule has 2 saturated heterocycles. The van der Waals surface area contributed by atoms with E-state index in [0.29, 0.717) is 6.54 Å². The summed E-state index contributed by atoms with van der Waals surface area (Å²) in [5.41, 5.74) is 0. The van der Waals surface area contributed by atoms with Gasteiger partial charge in [0, 0.05) is 39.3 Å². The Morgan fingerprint density at radius 2 is 2.00 bits per heavy atom. The largest absolute Gasteiger partial charge is 0.353 e. The molecule has 0 aromatic rings. The molecule has 1 atom stereocenters. The zero-order chi connectivity index (χ0) is 13.0. The van der Waals surface area contributed by atoms with Crippen LogP contribution in [-0.2, 0) is 9.59 Å². The fraction of sp³-hybridized carbons (Fsp3) is 0.833. The zero-order valence-electron chi connectivity index (χ0n) is 10.9. The highest BCUT2D eigenvalue weighted by Crippen LogP contribution is 2.06. The van der Waals surface area contributed by atoms with Crippen molar-refractivity contribution in [2.75, 3.05) is 45.8 Å². The molecule has 2 amide bonds. The van der Waals surface area contributed by atoms with E-state index in [9.17, 15) is 9.59 Å². The topological polar surface area (TPSA) is 64.7 Å². The highest BCUT2D eigenvalue weighted by molar-refractivity contribution is 5.88. The normalized spacial score (nSPS) is 25.9. The van der Waals surface area contributed by atoms with Crippen molar-refractivity contribution < 1.29 is 9.59 Å². The first-order valence-electron chi connectivity index (χ1n) is 6.72. The summed E-state index contributed by atoms with van der Waals surface area (Å²) in [7, 11) is 0. The number of nitrogens with zero attached hydrogens (tertiary/aromatic N) is 2. The van der Waals surface area contributed by atoms with Crippen LogP contribution in [0.1, 0.15) is 13.3 Å². The van der Waals surface area contributed by atoms with Gasteiger partial charge < -0.3 is 20.4 Å². The Morgan fingerprint density at radius 3 is 2.61 bits per heavy atom. The van der Waals surface area contributed by atoms with Gasteiger partial charge in [0.05, 0.1) is 12.5 Å². The summed E-state index contributed by atoms with van der Waals surface area (Å²) >= 11 is 0. The fourth-order valence-corrected chi connectivity index (χ4v) is 2.43. The van der Waals surface area contributed by atoms with Gasteiger partial charge in [0.15, 0.2) is 0 Å². The van der Waals surface area contributed by atoms with E-state index in [2.05, 4.69) is 22.5 Å². The second-order valence-electron chi connectivity index (χ2n) is 4.82. The lowest BCUT2D eigenvalue weighted by molar-refractivity contribution is -0.136. The smallest absolute Gasteiger partial charge is 0.237 e. The third-order valence-corrected chi connectivity index (χ3v) is 3.68. The van der Waals surface area contributed by atoms with Crippen molar-refractivity contribution in [3.8, 4) is 0 Å². The standard InChI is InChI=1S/C12H22N4O2/c1-2-15-5-7-16(8-6-15)11(17)9-10-12(18)14-4-3-13-10/h10,13H,2-9H2,1H3,(H,14,18). The van der Waals surface area contributed by atoms with Crippen molar-refractivity contribution in [2.45, 2.75) is 19.4 Å². The number of hydrogen-bond donors (Lipinski definition) is 2. The van der Waals surface area contributed by atoms with Crippen LogP contribution < -0.4 is 10.6 Å². The van der Waals surface area contributed by atoms with Gasteiger partial charge in [-0.15, -0.1) is 0 Å². The molecule has 0 spiro atoms. The van der Waals surface area contributed by atoms with Gasteiger partial charge in [-0.3, -0.25) is 9.59 Å². The summed E-state index contributed by atoms with van der Waals surface area (Å²) in [5, 5.41) is 5.87. The van der Waals surface area contributed by atoms with Gasteiger partial charge in [0.1, 0.15) is 0 Å². The molecule has 2 aliphatic heterocycles. The van der Waals surface area contributed by atoms with Crippen molar-refractivity contribution in [3.05, 3.63) is 0 Å². The second-order valence-corrected chi connectivity index (χ2v) is 4.82. The van der Waals surface area contributed by atoms with Crippen molar-refractivity contribution in [2.24, 2.45) is 0 Å². The summed E-state index contributed by atoms with van der Waals surface area (Å²) in [6, 6.07) is -0.351. The molecule has 6 nitrogen and oxygen atoms in total. The van der Waals surface area contributed by atoms with Crippen LogP contribution in [0.2, 0.25) is 0 Å². The van der Waals surface area contributed by atoms with Gasteiger partial charge in [0.25, 0.3) is 0 Å². The van der Waals surface area contributed by atoms with Crippen molar-refractivity contribution in [3.63, 3.8) is 0 Å². The number of nitrogens with one attached hydrogen (secondary N) is 2. The first-order valence-corrected chi connectivity index (χ1v) is 6.72. The van der Waals surface area contributed by atoms with Crippen LogP contribution in [-0.4, -0.2) is 73.5 Å². The van der Waals surface area contributed by atoms with E-state index in [1.807, 2.05) is 4.90 Å². The molecule has 0 bridgehead atoms. The van der Waals surface area contributed by atoms with Gasteiger partial charge >= 0.3 is 0 Å². The van der Waals surface area contributed by atoms with Crippen LogP contribution in [0, 0.1) is 0 Å². The quantitative estimate of drug-likeness (QED) is 0.652. The summed E-state index contributed by atoms with van der Waals surface area (Å²) < 4.78 is 0. The van der Waals surface area contributed by atoms with Crippen molar-refractivity contribution >= 4 is 11.8 Å². The lowest BCUT2D eigenvalue weighted by atomic mass is 10.1. The minimum atomic E-state index is -0.351. The first-order chi connectivity index (χ1) is 8.70. The number of rotatable bonds is 3. The molecule has 0 aromatic carbocycles. The van der Waals surface area contributed by atoms with E-state index in [1.165, 1.54) is 0 Å². The average Bonchev–Trinajstić information content (AvgIpc) is 2.41. The Labute approximate surface area is 108 Å². The van der Waals surface area contributed by atoms with Crippen LogP contribution in [0.15, 0.2) is 0 Å². The van der Waals surface area contributed by atoms with Crippen molar-refractivity contribution in [1.29, 1.82) is 0 Å². The molecule has 6 heteroatoms. The lowest BCUT2D eigenvalue weighted by Gasteiger charge is -2.35. The van der Waals surface area contributed by atoms with E-state index in [1.54, 1.807) is 0 Å². The molecule has 18 heavy (non-hydrogen) atoms. The monoisotopic (exact) mass is 254 g/mol. The molecule has 0 aromatic heterocycles. The van der Waals surface area contributed by atoms with Crippen molar-refractivity contribution in [1.82, 2.24) is 20.4 Å². The third kappa shape index (κ3) is 3.20. The maximum Gasteiger partial charge on any atom is 0.237 e. The number of carbonyl (C=O) groups excluding carboxylic acids is 2. The summed E-state index contributed by atoms with van der Waals surface area (Å²) in [5.74, 6) is 0.0297. The highest BCUT2D eigenvalue weighted by Gasteiger charge is 2.27. The van der Waals surface area contributed by atoms with Crippen LogP contribution in [0.5, 0.6) is 0 Å². The number of hydrogen-bond acceptors (Lipinski definition) is 4. The maximum absolute atomic E-state index is 12.1. The fourth-order valence-electron chi connectivity index (χ4n) is 2.43. The Hall–Kier alpha value is -1.14. The van der Waals surface area contributed by atoms with Crippen LogP contribution in [0.25, 0.3) is 0 Å². The van der Waals surface area contributed by atoms with Gasteiger partial charge in [-0.05, 0) is 6.54 Å². The predicted octanol–water partition coefficient (Wildman–Crippen LogP) is -1.37. The average molecular weight is 254 g/mol. The molecule has 2 N–H and O–H groups in total. The van der Waals surface area contributed by atoms with Gasteiger partial charge in [-0.2, -0.15) is 0 Å². The van der Waals surface area contributed by atoms with E-state index in [-0.39, 0.29) is 24.3 Å². The van der Waals surface area contributed by atoms with E-state index in [4.69, 9.17) is 0 Å². The first kappa shape index (κ1) is 13.3. The molecular formula is C12H22N4O2. The minimum Gasteiger partial charge on any atom is -0.353 e. The molecule has 0 saturated carbocycles. The van der Waals surface area contributed by atoms with Crippen LogP contribution in [0.4, 0.5) is 0 Å². The molecule has 1 unspecified atom stereocenters. The summed E-state index contributed by atoms with van der Waals surface area (Å²) in [4.78, 5) is 27.9. The molecule has 0 aliphatic carbocycles. The molecule has 2 heterocycles. The molecule has 2 rings (SSSR count). The summed E-state index contributed by atoms with van der Waals surface area (Å²) in [6.07, 6.45) is 0.276. The molecule has 0 radical (unpaired) electrons. The Morgan fingerprint density at radius 1 is 1.28 bits per heavy atom. The van der Waals surface area contributed by atoms with E-state index < -0.39 is 0 Å². The van der Waals surface area contributed by atoms with E-state index in [0.717, 1.165) is 39.3 Å². The minimum absolute atomic E-state index is 0.0539. The zero-order valence-corrected chi connectivity index (χ0v) is 10.9. The lowest BCUT2D eigenvalue weighted by Crippen LogP contribution is -2.56. The predicted molar refractivity (Wildman–Crippen MR) is 68.1 cm³/mol. The third-order valence-electron chi connectivity index (χ3n) is 3.68. The molecular weight excluding hydrogens is 232 g/mol. The number of piperazine rings is 2. The van der Waals surface area contributed by atoms with Gasteiger partial charge in [-0.25, -0.2) is 0 Å². The number of amides is 2. The Bertz CT molecular complexity index is 313. The van der Waals surface area contributed by atoms with Crippen LogP contribution in [0.3, 0.4) is 0 Å². The van der Waals surface area contributed by atoms with Gasteiger partial charge in [0.2, 0.25) is 11.8 Å². The SMILES string of the molecule is CCN1CCN(C(=O)CC2NCCNC2=O)CC1.